The average Bonchev–Trinajstić information content (AvgIpc) is 2.12. The largest absolute Gasteiger partial charge is 0.146 e. The first-order chi connectivity index (χ1) is 4.58. The summed E-state index contributed by atoms with van der Waals surface area (Å²) in [6, 6.07) is 0. The molecule has 2 nitrogen and oxygen atoms in total. The van der Waals surface area contributed by atoms with E-state index in [-0.39, 0.29) is 0 Å². The van der Waals surface area contributed by atoms with Crippen LogP contribution in [0, 0.1) is 5.41 Å². The molecule has 0 unspecified atom stereocenters. The third-order valence-corrected chi connectivity index (χ3v) is 1.77. The first kappa shape index (κ1) is 7.66. The Morgan fingerprint density at radius 1 is 1.50 bits per heavy atom. The van der Waals surface area contributed by atoms with E-state index in [1.807, 2.05) is 6.20 Å². The van der Waals surface area contributed by atoms with Crippen molar-refractivity contribution in [1.29, 1.82) is 0 Å². The molecule has 0 N–H and O–H groups in total. The molecule has 0 aromatic carbocycles. The molecule has 0 atom stereocenters. The van der Waals surface area contributed by atoms with Gasteiger partial charge < -0.3 is 0 Å². The van der Waals surface area contributed by atoms with Gasteiger partial charge in [-0.2, -0.15) is 0 Å². The smallest absolute Gasteiger partial charge is 0.0653 e. The lowest BCUT2D eigenvalue weighted by Gasteiger charge is -2.15. The van der Waals surface area contributed by atoms with E-state index < -0.39 is 0 Å². The molecule has 0 aliphatic heterocycles. The molecule has 1 rings (SSSR count). The van der Waals surface area contributed by atoms with E-state index >= 15 is 0 Å². The van der Waals surface area contributed by atoms with Crippen molar-refractivity contribution in [2.45, 2.75) is 27.2 Å². The number of hydrogen-bond acceptors (Lipinski definition) is 3. The number of rotatable bonds is 1. The van der Waals surface area contributed by atoms with Gasteiger partial charge in [0.25, 0.3) is 0 Å². The Hall–Kier alpha value is -0.440. The van der Waals surface area contributed by atoms with Crippen molar-refractivity contribution in [2.75, 3.05) is 0 Å². The highest BCUT2D eigenvalue weighted by Crippen LogP contribution is 2.21. The topological polar surface area (TPSA) is 25.8 Å². The highest BCUT2D eigenvalue weighted by Gasteiger charge is 2.12. The van der Waals surface area contributed by atoms with Crippen LogP contribution < -0.4 is 0 Å². The minimum Gasteiger partial charge on any atom is -0.146 e. The van der Waals surface area contributed by atoms with Gasteiger partial charge in [0, 0.05) is 4.88 Å². The zero-order valence-electron chi connectivity index (χ0n) is 6.59. The summed E-state index contributed by atoms with van der Waals surface area (Å²) in [5.74, 6) is 0. The van der Waals surface area contributed by atoms with E-state index in [2.05, 4.69) is 30.4 Å². The number of aromatic nitrogens is 2. The molecule has 0 spiro atoms. The Labute approximate surface area is 65.4 Å². The van der Waals surface area contributed by atoms with Crippen molar-refractivity contribution in [3.8, 4) is 0 Å². The van der Waals surface area contributed by atoms with E-state index in [1.54, 1.807) is 0 Å². The highest BCUT2D eigenvalue weighted by atomic mass is 32.1. The van der Waals surface area contributed by atoms with Crippen LogP contribution in [0.1, 0.15) is 25.6 Å². The minimum atomic E-state index is 0.355. The Morgan fingerprint density at radius 2 is 2.20 bits per heavy atom. The van der Waals surface area contributed by atoms with E-state index in [0.29, 0.717) is 5.41 Å². The lowest BCUT2D eigenvalue weighted by atomic mass is 9.92. The van der Waals surface area contributed by atoms with Gasteiger partial charge in [0.15, 0.2) is 0 Å². The van der Waals surface area contributed by atoms with Crippen LogP contribution in [0.15, 0.2) is 6.20 Å². The highest BCUT2D eigenvalue weighted by molar-refractivity contribution is 7.05. The van der Waals surface area contributed by atoms with Crippen LogP contribution >= 0.6 is 11.5 Å². The predicted octanol–water partition coefficient (Wildman–Crippen LogP) is 2.13. The zero-order chi connectivity index (χ0) is 7.61. The molecule has 1 heterocycles. The van der Waals surface area contributed by atoms with Crippen molar-refractivity contribution in [3.63, 3.8) is 0 Å². The van der Waals surface area contributed by atoms with E-state index in [9.17, 15) is 0 Å². The fourth-order valence-electron chi connectivity index (χ4n) is 0.788. The fraction of sp³-hybridized carbons (Fsp3) is 0.714. The average molecular weight is 156 g/mol. The van der Waals surface area contributed by atoms with E-state index in [1.165, 1.54) is 16.4 Å². The Morgan fingerprint density at radius 3 is 2.60 bits per heavy atom. The van der Waals surface area contributed by atoms with Crippen molar-refractivity contribution >= 4 is 11.5 Å². The van der Waals surface area contributed by atoms with Gasteiger partial charge in [-0.3, -0.25) is 0 Å². The molecule has 0 bridgehead atoms. The van der Waals surface area contributed by atoms with Gasteiger partial charge in [-0.25, -0.2) is 0 Å². The maximum Gasteiger partial charge on any atom is 0.0653 e. The van der Waals surface area contributed by atoms with Crippen LogP contribution in [0.4, 0.5) is 0 Å². The normalized spacial score (nSPS) is 11.9. The molecular weight excluding hydrogens is 144 g/mol. The maximum atomic E-state index is 3.80. The SMILES string of the molecule is CC(C)(C)Cc1cnns1. The van der Waals surface area contributed by atoms with Crippen LogP contribution in [-0.2, 0) is 6.42 Å². The quantitative estimate of drug-likeness (QED) is 0.622. The van der Waals surface area contributed by atoms with Crippen molar-refractivity contribution in [2.24, 2.45) is 5.41 Å². The summed E-state index contributed by atoms with van der Waals surface area (Å²) in [5.41, 5.74) is 0.355. The van der Waals surface area contributed by atoms with Gasteiger partial charge in [0.2, 0.25) is 0 Å². The fourth-order valence-corrected chi connectivity index (χ4v) is 1.58. The molecule has 0 saturated carbocycles. The van der Waals surface area contributed by atoms with Gasteiger partial charge in [-0.1, -0.05) is 25.3 Å². The molecule has 0 aliphatic rings. The molecule has 56 valence electrons. The van der Waals surface area contributed by atoms with Crippen LogP contribution in [0.25, 0.3) is 0 Å². The Balaban J connectivity index is 2.57. The molecule has 3 heteroatoms. The number of hydrogen-bond donors (Lipinski definition) is 0. The summed E-state index contributed by atoms with van der Waals surface area (Å²) in [5, 5.41) is 3.77. The molecular formula is C7H12N2S. The lowest BCUT2D eigenvalue weighted by Crippen LogP contribution is -2.07. The van der Waals surface area contributed by atoms with Gasteiger partial charge in [0.05, 0.1) is 6.20 Å². The second kappa shape index (κ2) is 2.66. The summed E-state index contributed by atoms with van der Waals surface area (Å²) in [7, 11) is 0. The molecule has 0 fully saturated rings. The molecule has 10 heavy (non-hydrogen) atoms. The second-order valence-electron chi connectivity index (χ2n) is 3.62. The maximum absolute atomic E-state index is 3.80. The van der Waals surface area contributed by atoms with Crippen molar-refractivity contribution < 1.29 is 0 Å². The number of nitrogens with zero attached hydrogens (tertiary/aromatic N) is 2. The second-order valence-corrected chi connectivity index (χ2v) is 4.49. The summed E-state index contributed by atoms with van der Waals surface area (Å²) in [6.45, 7) is 6.64. The first-order valence-corrected chi connectivity index (χ1v) is 4.11. The first-order valence-electron chi connectivity index (χ1n) is 3.34. The standard InChI is InChI=1S/C7H12N2S/c1-7(2,3)4-6-5-8-9-10-6/h5H,4H2,1-3H3. The third kappa shape index (κ3) is 2.43. The summed E-state index contributed by atoms with van der Waals surface area (Å²) in [4.78, 5) is 1.27. The van der Waals surface area contributed by atoms with Crippen LogP contribution in [0.2, 0.25) is 0 Å². The summed E-state index contributed by atoms with van der Waals surface area (Å²) in [6.07, 6.45) is 2.92. The zero-order valence-corrected chi connectivity index (χ0v) is 7.40. The van der Waals surface area contributed by atoms with Gasteiger partial charge in [-0.15, -0.1) is 5.10 Å². The lowest BCUT2D eigenvalue weighted by molar-refractivity contribution is 0.414. The Kier molecular flexibility index (Phi) is 2.04. The molecule has 1 aromatic heterocycles. The van der Waals surface area contributed by atoms with Gasteiger partial charge in [-0.05, 0) is 23.4 Å². The summed E-state index contributed by atoms with van der Waals surface area (Å²) < 4.78 is 3.80. The summed E-state index contributed by atoms with van der Waals surface area (Å²) >= 11 is 1.49. The molecule has 0 aliphatic carbocycles. The molecule has 0 amide bonds. The molecule has 0 radical (unpaired) electrons. The molecule has 0 saturated heterocycles. The third-order valence-electron chi connectivity index (χ3n) is 1.11. The monoisotopic (exact) mass is 156 g/mol. The van der Waals surface area contributed by atoms with Crippen LogP contribution in [0.3, 0.4) is 0 Å². The van der Waals surface area contributed by atoms with E-state index in [0.717, 1.165) is 6.42 Å². The minimum absolute atomic E-state index is 0.355. The predicted molar refractivity (Wildman–Crippen MR) is 43.1 cm³/mol. The van der Waals surface area contributed by atoms with Gasteiger partial charge in [0.1, 0.15) is 0 Å². The Bertz CT molecular complexity index is 186. The molecule has 1 aromatic rings. The van der Waals surface area contributed by atoms with Crippen LogP contribution in [0.5, 0.6) is 0 Å². The van der Waals surface area contributed by atoms with Crippen molar-refractivity contribution in [1.82, 2.24) is 9.59 Å². The van der Waals surface area contributed by atoms with E-state index in [4.69, 9.17) is 0 Å². The van der Waals surface area contributed by atoms with Crippen molar-refractivity contribution in [3.05, 3.63) is 11.1 Å². The van der Waals surface area contributed by atoms with Gasteiger partial charge >= 0.3 is 0 Å². The van der Waals surface area contributed by atoms with Crippen LogP contribution in [-0.4, -0.2) is 9.59 Å².